The number of rotatable bonds is 0. The summed E-state index contributed by atoms with van der Waals surface area (Å²) in [7, 11) is 0. The van der Waals surface area contributed by atoms with Crippen molar-refractivity contribution in [2.75, 3.05) is 26.2 Å². The highest BCUT2D eigenvalue weighted by Crippen LogP contribution is 2.29. The number of carbonyl (C=O) groups excluding carboxylic acids is 1. The molecule has 3 nitrogen and oxygen atoms in total. The third kappa shape index (κ3) is 3.76. The Balaban J connectivity index is 0.000000771. The van der Waals surface area contributed by atoms with E-state index in [2.05, 4.69) is 26.8 Å². The summed E-state index contributed by atoms with van der Waals surface area (Å²) in [6, 6.07) is 0.227. The van der Waals surface area contributed by atoms with Gasteiger partial charge in [0.15, 0.2) is 0 Å². The van der Waals surface area contributed by atoms with Gasteiger partial charge in [-0.1, -0.05) is 39.3 Å². The maximum Gasteiger partial charge on any atom is 0.320 e. The van der Waals surface area contributed by atoms with E-state index < -0.39 is 0 Å². The Kier molecular flexibility index (Phi) is 5.24. The average molecular weight is 252 g/mol. The molecule has 0 radical (unpaired) electrons. The van der Waals surface area contributed by atoms with Gasteiger partial charge in [-0.25, -0.2) is 4.79 Å². The van der Waals surface area contributed by atoms with E-state index in [-0.39, 0.29) is 6.03 Å². The molecule has 1 saturated heterocycles. The minimum absolute atomic E-state index is 0.227. The molecule has 0 atom stereocenters. The minimum Gasteiger partial charge on any atom is -0.323 e. The van der Waals surface area contributed by atoms with Crippen LogP contribution in [-0.2, 0) is 0 Å². The Hall–Kier alpha value is -0.990. The Morgan fingerprint density at radius 3 is 2.39 bits per heavy atom. The predicted molar refractivity (Wildman–Crippen MR) is 76.7 cm³/mol. The van der Waals surface area contributed by atoms with Crippen LogP contribution >= 0.6 is 0 Å². The monoisotopic (exact) mass is 252 g/mol. The Morgan fingerprint density at radius 2 is 1.83 bits per heavy atom. The van der Waals surface area contributed by atoms with Crippen LogP contribution < -0.4 is 0 Å². The Labute approximate surface area is 112 Å². The second kappa shape index (κ2) is 6.26. The van der Waals surface area contributed by atoms with Gasteiger partial charge in [0, 0.05) is 31.6 Å². The zero-order valence-corrected chi connectivity index (χ0v) is 12.6. The van der Waals surface area contributed by atoms with E-state index in [1.165, 1.54) is 5.57 Å². The molecular weight excluding hydrogens is 224 g/mol. The van der Waals surface area contributed by atoms with E-state index in [1.54, 1.807) is 0 Å². The van der Waals surface area contributed by atoms with Crippen molar-refractivity contribution in [1.82, 2.24) is 9.80 Å². The van der Waals surface area contributed by atoms with E-state index >= 15 is 0 Å². The molecule has 0 bridgehead atoms. The highest BCUT2D eigenvalue weighted by molar-refractivity contribution is 5.75. The molecule has 0 aliphatic carbocycles. The molecular formula is C15H28N2O. The predicted octanol–water partition coefficient (Wildman–Crippen LogP) is 3.52. The molecule has 0 aromatic rings. The van der Waals surface area contributed by atoms with E-state index in [0.29, 0.717) is 5.41 Å². The molecule has 2 amide bonds. The molecule has 0 N–H and O–H groups in total. The number of urea groups is 1. The largest absolute Gasteiger partial charge is 0.323 e. The van der Waals surface area contributed by atoms with Gasteiger partial charge in [-0.05, 0) is 19.8 Å². The van der Waals surface area contributed by atoms with Crippen molar-refractivity contribution in [3.63, 3.8) is 0 Å². The fourth-order valence-corrected chi connectivity index (χ4v) is 2.50. The number of hydrogen-bond donors (Lipinski definition) is 0. The summed E-state index contributed by atoms with van der Waals surface area (Å²) < 4.78 is 0. The summed E-state index contributed by atoms with van der Waals surface area (Å²) in [6.45, 7) is 14.1. The van der Waals surface area contributed by atoms with Gasteiger partial charge >= 0.3 is 6.03 Å². The molecule has 0 unspecified atom stereocenters. The van der Waals surface area contributed by atoms with Gasteiger partial charge in [0.05, 0.1) is 0 Å². The fraction of sp³-hybridized carbons (Fsp3) is 0.800. The van der Waals surface area contributed by atoms with Gasteiger partial charge in [-0.3, -0.25) is 0 Å². The average Bonchev–Trinajstić information content (AvgIpc) is 2.52. The van der Waals surface area contributed by atoms with E-state index in [1.807, 2.05) is 23.6 Å². The third-order valence-corrected chi connectivity index (χ3v) is 3.44. The third-order valence-electron chi connectivity index (χ3n) is 3.44. The molecule has 0 aromatic heterocycles. The second-order valence-electron chi connectivity index (χ2n) is 5.90. The van der Waals surface area contributed by atoms with Gasteiger partial charge in [0.2, 0.25) is 0 Å². The van der Waals surface area contributed by atoms with Crippen molar-refractivity contribution in [3.05, 3.63) is 11.6 Å². The molecule has 0 spiro atoms. The molecule has 0 aromatic carbocycles. The summed E-state index contributed by atoms with van der Waals surface area (Å²) >= 11 is 0. The van der Waals surface area contributed by atoms with Crippen LogP contribution in [-0.4, -0.2) is 42.0 Å². The van der Waals surface area contributed by atoms with E-state index in [4.69, 9.17) is 0 Å². The van der Waals surface area contributed by atoms with Crippen molar-refractivity contribution in [3.8, 4) is 0 Å². The number of hydrogen-bond acceptors (Lipinski definition) is 1. The maximum atomic E-state index is 12.2. The topological polar surface area (TPSA) is 23.6 Å². The van der Waals surface area contributed by atoms with Crippen LogP contribution in [0.25, 0.3) is 0 Å². The Morgan fingerprint density at radius 1 is 1.22 bits per heavy atom. The number of allylic oxidation sites excluding steroid dienone is 1. The Bertz CT molecular complexity index is 312. The molecule has 2 aliphatic rings. The molecule has 0 saturated carbocycles. The summed E-state index contributed by atoms with van der Waals surface area (Å²) in [5, 5.41) is 0. The molecule has 2 heterocycles. The maximum absolute atomic E-state index is 12.2. The number of carbonyl (C=O) groups is 1. The van der Waals surface area contributed by atoms with Crippen molar-refractivity contribution in [1.29, 1.82) is 0 Å². The smallest absolute Gasteiger partial charge is 0.320 e. The molecule has 2 rings (SSSR count). The molecule has 104 valence electrons. The van der Waals surface area contributed by atoms with Crippen LogP contribution in [0.4, 0.5) is 4.79 Å². The first kappa shape index (κ1) is 15.1. The number of likely N-dealkylation sites (tertiary alicyclic amines) is 1. The highest BCUT2D eigenvalue weighted by Gasteiger charge is 2.38. The zero-order chi connectivity index (χ0) is 13.8. The van der Waals surface area contributed by atoms with Crippen LogP contribution in [0, 0.1) is 5.41 Å². The molecule has 2 aliphatic heterocycles. The standard InChI is InChI=1S/C13H22N2O.C2H6/c1-11-5-4-7-14(8-6-11)12(16)15-9-13(2,3)10-15;1-2/h6H,4-5,7-10H2,1-3H3;1-2H3. The highest BCUT2D eigenvalue weighted by atomic mass is 16.2. The summed E-state index contributed by atoms with van der Waals surface area (Å²) in [5.74, 6) is 0. The van der Waals surface area contributed by atoms with Crippen LogP contribution in [0.3, 0.4) is 0 Å². The molecule has 18 heavy (non-hydrogen) atoms. The minimum atomic E-state index is 0.227. The first-order valence-electron chi connectivity index (χ1n) is 7.17. The summed E-state index contributed by atoms with van der Waals surface area (Å²) in [5.41, 5.74) is 1.74. The molecule has 3 heteroatoms. The van der Waals surface area contributed by atoms with E-state index in [0.717, 1.165) is 39.0 Å². The zero-order valence-electron chi connectivity index (χ0n) is 12.6. The number of amides is 2. The van der Waals surface area contributed by atoms with Gasteiger partial charge in [0.25, 0.3) is 0 Å². The van der Waals surface area contributed by atoms with E-state index in [9.17, 15) is 4.79 Å². The van der Waals surface area contributed by atoms with Crippen molar-refractivity contribution in [2.45, 2.75) is 47.5 Å². The van der Waals surface area contributed by atoms with Crippen LogP contribution in [0.15, 0.2) is 11.6 Å². The molecule has 1 fully saturated rings. The quantitative estimate of drug-likeness (QED) is 0.605. The van der Waals surface area contributed by atoms with Gasteiger partial charge < -0.3 is 9.80 Å². The summed E-state index contributed by atoms with van der Waals surface area (Å²) in [4.78, 5) is 16.1. The normalized spacial score (nSPS) is 22.2. The number of nitrogens with zero attached hydrogens (tertiary/aromatic N) is 2. The lowest BCUT2D eigenvalue weighted by Crippen LogP contribution is -2.59. The van der Waals surface area contributed by atoms with Gasteiger partial charge in [-0.15, -0.1) is 0 Å². The SMILES string of the molecule is CC.CC1=CCN(C(=O)N2CC(C)(C)C2)CCC1. The van der Waals surface area contributed by atoms with Crippen LogP contribution in [0.2, 0.25) is 0 Å². The first-order chi connectivity index (χ1) is 8.48. The van der Waals surface area contributed by atoms with Crippen molar-refractivity contribution >= 4 is 6.03 Å². The van der Waals surface area contributed by atoms with Crippen LogP contribution in [0.1, 0.15) is 47.5 Å². The van der Waals surface area contributed by atoms with Gasteiger partial charge in [0.1, 0.15) is 0 Å². The lowest BCUT2D eigenvalue weighted by molar-refractivity contribution is 0.0442. The van der Waals surface area contributed by atoms with Crippen molar-refractivity contribution < 1.29 is 4.79 Å². The van der Waals surface area contributed by atoms with Gasteiger partial charge in [-0.2, -0.15) is 0 Å². The second-order valence-corrected chi connectivity index (χ2v) is 5.90. The lowest BCUT2D eigenvalue weighted by Gasteiger charge is -2.47. The summed E-state index contributed by atoms with van der Waals surface area (Å²) in [6.07, 6.45) is 4.43. The lowest BCUT2D eigenvalue weighted by atomic mass is 9.85. The fourth-order valence-electron chi connectivity index (χ4n) is 2.50. The van der Waals surface area contributed by atoms with Crippen LogP contribution in [0.5, 0.6) is 0 Å². The van der Waals surface area contributed by atoms with Crippen molar-refractivity contribution in [2.24, 2.45) is 5.41 Å². The first-order valence-corrected chi connectivity index (χ1v) is 7.17.